The first kappa shape index (κ1) is 21.4. The first-order valence-corrected chi connectivity index (χ1v) is 10.8. The van der Waals surface area contributed by atoms with Crippen molar-refractivity contribution in [1.29, 1.82) is 0 Å². The minimum absolute atomic E-state index is 0.0706. The van der Waals surface area contributed by atoms with Crippen LogP contribution in [0.2, 0.25) is 5.02 Å². The topological polar surface area (TPSA) is 68.0 Å². The predicted octanol–water partition coefficient (Wildman–Crippen LogP) is 5.14. The summed E-state index contributed by atoms with van der Waals surface area (Å²) in [5, 5.41) is 11.8. The van der Waals surface area contributed by atoms with E-state index >= 15 is 0 Å². The van der Waals surface area contributed by atoms with Crippen LogP contribution in [0.15, 0.2) is 58.2 Å². The Balaban J connectivity index is 1.43. The molecule has 2 aromatic carbocycles. The van der Waals surface area contributed by atoms with Gasteiger partial charge in [0.15, 0.2) is 0 Å². The predicted molar refractivity (Wildman–Crippen MR) is 117 cm³/mol. The Morgan fingerprint density at radius 1 is 1.10 bits per heavy atom. The largest absolute Gasteiger partial charge is 0.411 e. The van der Waals surface area contributed by atoms with E-state index < -0.39 is 0 Å². The average molecular weight is 430 g/mol. The number of benzene rings is 2. The van der Waals surface area contributed by atoms with Crippen molar-refractivity contribution in [3.8, 4) is 11.5 Å². The first-order chi connectivity index (χ1) is 13.8. The summed E-state index contributed by atoms with van der Waals surface area (Å²) in [4.78, 5) is 12.1. The van der Waals surface area contributed by atoms with Crippen molar-refractivity contribution in [1.82, 2.24) is 15.5 Å². The van der Waals surface area contributed by atoms with E-state index in [1.54, 1.807) is 6.07 Å². The summed E-state index contributed by atoms with van der Waals surface area (Å²) < 4.78 is 5.59. The molecule has 0 fully saturated rings. The van der Waals surface area contributed by atoms with E-state index in [2.05, 4.69) is 60.6 Å². The van der Waals surface area contributed by atoms with Gasteiger partial charge in [-0.3, -0.25) is 4.79 Å². The summed E-state index contributed by atoms with van der Waals surface area (Å²) in [6, 6.07) is 15.8. The second-order valence-electron chi connectivity index (χ2n) is 7.69. The van der Waals surface area contributed by atoms with Crippen LogP contribution in [0.3, 0.4) is 0 Å². The molecule has 29 heavy (non-hydrogen) atoms. The first-order valence-electron chi connectivity index (χ1n) is 9.40. The van der Waals surface area contributed by atoms with Crippen LogP contribution in [0.25, 0.3) is 11.5 Å². The Labute approximate surface area is 180 Å². The number of thioether (sulfide) groups is 1. The molecule has 0 aliphatic rings. The minimum atomic E-state index is -0.0706. The Kier molecular flexibility index (Phi) is 6.98. The number of nitrogens with zero attached hydrogens (tertiary/aromatic N) is 2. The number of rotatable bonds is 7. The van der Waals surface area contributed by atoms with Gasteiger partial charge in [0, 0.05) is 6.54 Å². The molecule has 0 aliphatic carbocycles. The number of carbonyl (C=O) groups is 1. The second-order valence-corrected chi connectivity index (χ2v) is 9.02. The number of hydrogen-bond donors (Lipinski definition) is 1. The lowest BCUT2D eigenvalue weighted by Crippen LogP contribution is -2.27. The number of hydrogen-bond acceptors (Lipinski definition) is 5. The van der Waals surface area contributed by atoms with Crippen LogP contribution in [0.4, 0.5) is 0 Å². The zero-order valence-electron chi connectivity index (χ0n) is 16.7. The molecule has 1 aromatic heterocycles. The van der Waals surface area contributed by atoms with Gasteiger partial charge in [-0.25, -0.2) is 0 Å². The van der Waals surface area contributed by atoms with Gasteiger partial charge in [-0.1, -0.05) is 80.5 Å². The van der Waals surface area contributed by atoms with Crippen molar-refractivity contribution in [2.45, 2.75) is 37.8 Å². The maximum atomic E-state index is 12.1. The van der Waals surface area contributed by atoms with E-state index in [1.807, 2.05) is 18.2 Å². The lowest BCUT2D eigenvalue weighted by atomic mass is 9.86. The second kappa shape index (κ2) is 9.46. The number of aromatic nitrogens is 2. The summed E-state index contributed by atoms with van der Waals surface area (Å²) in [6.07, 6.45) is 0.790. The Bertz CT molecular complexity index is 965. The maximum absolute atomic E-state index is 12.1. The molecule has 0 radical (unpaired) electrons. The molecule has 7 heteroatoms. The van der Waals surface area contributed by atoms with Crippen molar-refractivity contribution in [3.05, 3.63) is 64.7 Å². The SMILES string of the molecule is CC(C)(C)c1ccc(CCNC(=O)CSc2nnc(-c3ccccc3Cl)o2)cc1. The van der Waals surface area contributed by atoms with Crippen LogP contribution in [0.5, 0.6) is 0 Å². The highest BCUT2D eigenvalue weighted by atomic mass is 35.5. The van der Waals surface area contributed by atoms with Crippen LogP contribution in [-0.2, 0) is 16.6 Å². The highest BCUT2D eigenvalue weighted by molar-refractivity contribution is 7.99. The highest BCUT2D eigenvalue weighted by Gasteiger charge is 2.14. The molecule has 0 bridgehead atoms. The van der Waals surface area contributed by atoms with Gasteiger partial charge in [0.25, 0.3) is 5.22 Å². The van der Waals surface area contributed by atoms with E-state index in [-0.39, 0.29) is 17.1 Å². The lowest BCUT2D eigenvalue weighted by molar-refractivity contribution is -0.118. The summed E-state index contributed by atoms with van der Waals surface area (Å²) >= 11 is 7.34. The Morgan fingerprint density at radius 2 is 1.83 bits per heavy atom. The molecular formula is C22H24ClN3O2S. The molecule has 1 heterocycles. The van der Waals surface area contributed by atoms with Crippen LogP contribution >= 0.6 is 23.4 Å². The van der Waals surface area contributed by atoms with Gasteiger partial charge in [0.05, 0.1) is 16.3 Å². The number of amides is 1. The molecule has 0 aliphatic heterocycles. The molecular weight excluding hydrogens is 406 g/mol. The monoisotopic (exact) mass is 429 g/mol. The standard InChI is InChI=1S/C22H24ClN3O2S/c1-22(2,3)16-10-8-15(9-11-16)12-13-24-19(27)14-29-21-26-25-20(28-21)17-6-4-5-7-18(17)23/h4-11H,12-14H2,1-3H3,(H,24,27). The van der Waals surface area contributed by atoms with E-state index in [0.29, 0.717) is 28.2 Å². The average Bonchev–Trinajstić information content (AvgIpc) is 3.15. The van der Waals surface area contributed by atoms with Crippen LogP contribution in [0, 0.1) is 0 Å². The van der Waals surface area contributed by atoms with Gasteiger partial charge in [-0.2, -0.15) is 0 Å². The van der Waals surface area contributed by atoms with Gasteiger partial charge in [0.1, 0.15) is 0 Å². The Hall–Kier alpha value is -2.31. The van der Waals surface area contributed by atoms with E-state index in [1.165, 1.54) is 22.9 Å². The molecule has 0 saturated heterocycles. The van der Waals surface area contributed by atoms with Crippen molar-refractivity contribution in [2.24, 2.45) is 0 Å². The summed E-state index contributed by atoms with van der Waals surface area (Å²) in [5.41, 5.74) is 3.32. The van der Waals surface area contributed by atoms with E-state index in [4.69, 9.17) is 16.0 Å². The molecule has 1 amide bonds. The minimum Gasteiger partial charge on any atom is -0.411 e. The number of nitrogens with one attached hydrogen (secondary N) is 1. The fourth-order valence-corrected chi connectivity index (χ4v) is 3.52. The van der Waals surface area contributed by atoms with E-state index in [9.17, 15) is 4.79 Å². The number of halogens is 1. The van der Waals surface area contributed by atoms with Crippen LogP contribution < -0.4 is 5.32 Å². The molecule has 5 nitrogen and oxygen atoms in total. The highest BCUT2D eigenvalue weighted by Crippen LogP contribution is 2.28. The third kappa shape index (κ3) is 6.08. The molecule has 3 rings (SSSR count). The van der Waals surface area contributed by atoms with Gasteiger partial charge in [-0.05, 0) is 35.1 Å². The van der Waals surface area contributed by atoms with Crippen molar-refractivity contribution < 1.29 is 9.21 Å². The molecule has 1 N–H and O–H groups in total. The summed E-state index contributed by atoms with van der Waals surface area (Å²) in [7, 11) is 0. The fourth-order valence-electron chi connectivity index (χ4n) is 2.71. The normalized spacial score (nSPS) is 11.4. The maximum Gasteiger partial charge on any atom is 0.277 e. The number of carbonyl (C=O) groups excluding carboxylic acids is 1. The summed E-state index contributed by atoms with van der Waals surface area (Å²) in [5.74, 6) is 0.489. The van der Waals surface area contributed by atoms with Crippen molar-refractivity contribution >= 4 is 29.3 Å². The third-order valence-corrected chi connectivity index (χ3v) is 5.54. The van der Waals surface area contributed by atoms with Gasteiger partial charge < -0.3 is 9.73 Å². The summed E-state index contributed by atoms with van der Waals surface area (Å²) in [6.45, 7) is 7.17. The molecule has 0 spiro atoms. The van der Waals surface area contributed by atoms with Crippen molar-refractivity contribution in [2.75, 3.05) is 12.3 Å². The van der Waals surface area contributed by atoms with E-state index in [0.717, 1.165) is 6.42 Å². The smallest absolute Gasteiger partial charge is 0.277 e. The zero-order chi connectivity index (χ0) is 20.9. The van der Waals surface area contributed by atoms with Gasteiger partial charge in [-0.15, -0.1) is 10.2 Å². The third-order valence-electron chi connectivity index (χ3n) is 4.39. The molecule has 0 unspecified atom stereocenters. The Morgan fingerprint density at radius 3 is 2.52 bits per heavy atom. The molecule has 152 valence electrons. The van der Waals surface area contributed by atoms with Crippen molar-refractivity contribution in [3.63, 3.8) is 0 Å². The van der Waals surface area contributed by atoms with Gasteiger partial charge >= 0.3 is 0 Å². The van der Waals surface area contributed by atoms with Crippen LogP contribution in [0.1, 0.15) is 31.9 Å². The lowest BCUT2D eigenvalue weighted by Gasteiger charge is -2.19. The molecule has 3 aromatic rings. The van der Waals surface area contributed by atoms with Crippen LogP contribution in [-0.4, -0.2) is 28.4 Å². The molecule has 0 saturated carbocycles. The fraction of sp³-hybridized carbons (Fsp3) is 0.318. The quantitative estimate of drug-likeness (QED) is 0.527. The van der Waals surface area contributed by atoms with Gasteiger partial charge in [0.2, 0.25) is 11.8 Å². The zero-order valence-corrected chi connectivity index (χ0v) is 18.3. The molecule has 0 atom stereocenters.